The molecule has 0 saturated carbocycles. The molecule has 1 aliphatic heterocycles. The highest BCUT2D eigenvalue weighted by Crippen LogP contribution is 2.27. The Morgan fingerprint density at radius 3 is 2.79 bits per heavy atom. The largest absolute Gasteiger partial charge is 0.376 e. The number of fused-ring (bicyclic) bond motifs is 1. The summed E-state index contributed by atoms with van der Waals surface area (Å²) < 4.78 is 21.1. The van der Waals surface area contributed by atoms with Gasteiger partial charge < -0.3 is 9.64 Å². The summed E-state index contributed by atoms with van der Waals surface area (Å²) in [5.74, 6) is -0.395. The SMILES string of the molecule is CN(CC1CCCO1)C(=O)c1cc(-c2ccccc2)nc2c1cnn2Cc1cccc(F)c1. The number of hydrogen-bond acceptors (Lipinski definition) is 4. The molecular weight excluding hydrogens is 419 g/mol. The summed E-state index contributed by atoms with van der Waals surface area (Å²) in [6, 6.07) is 18.0. The molecule has 0 aliphatic carbocycles. The molecule has 1 atom stereocenters. The summed E-state index contributed by atoms with van der Waals surface area (Å²) in [4.78, 5) is 20.1. The monoisotopic (exact) mass is 444 g/mol. The molecule has 5 rings (SSSR count). The van der Waals surface area contributed by atoms with Gasteiger partial charge in [-0.2, -0.15) is 5.10 Å². The Labute approximate surface area is 191 Å². The topological polar surface area (TPSA) is 60.2 Å². The lowest BCUT2D eigenvalue weighted by molar-refractivity contribution is 0.0588. The number of pyridine rings is 1. The van der Waals surface area contributed by atoms with Crippen LogP contribution >= 0.6 is 0 Å². The highest BCUT2D eigenvalue weighted by molar-refractivity contribution is 6.06. The maximum Gasteiger partial charge on any atom is 0.254 e. The second-order valence-electron chi connectivity index (χ2n) is 8.41. The molecule has 7 heteroatoms. The van der Waals surface area contributed by atoms with Crippen molar-refractivity contribution in [3.63, 3.8) is 0 Å². The number of halogens is 1. The van der Waals surface area contributed by atoms with Crippen LogP contribution in [0.2, 0.25) is 0 Å². The quantitative estimate of drug-likeness (QED) is 0.438. The van der Waals surface area contributed by atoms with E-state index in [-0.39, 0.29) is 17.8 Å². The number of nitrogens with zero attached hydrogens (tertiary/aromatic N) is 4. The van der Waals surface area contributed by atoms with Gasteiger partial charge in [0.2, 0.25) is 0 Å². The first-order valence-electron chi connectivity index (χ1n) is 11.1. The molecule has 4 aromatic rings. The summed E-state index contributed by atoms with van der Waals surface area (Å²) in [6.45, 7) is 1.64. The third-order valence-corrected chi connectivity index (χ3v) is 5.98. The first-order chi connectivity index (χ1) is 16.1. The van der Waals surface area contributed by atoms with E-state index in [1.165, 1.54) is 12.1 Å². The number of aromatic nitrogens is 3. The van der Waals surface area contributed by atoms with E-state index >= 15 is 0 Å². The predicted molar refractivity (Wildman–Crippen MR) is 124 cm³/mol. The Hall–Kier alpha value is -3.58. The van der Waals surface area contributed by atoms with E-state index in [9.17, 15) is 9.18 Å². The molecular formula is C26H25FN4O2. The molecule has 1 unspecified atom stereocenters. The van der Waals surface area contributed by atoms with Crippen LogP contribution in [0.5, 0.6) is 0 Å². The zero-order chi connectivity index (χ0) is 22.8. The first-order valence-corrected chi connectivity index (χ1v) is 11.1. The number of hydrogen-bond donors (Lipinski definition) is 0. The average Bonchev–Trinajstić information content (AvgIpc) is 3.49. The number of rotatable bonds is 6. The normalized spacial score (nSPS) is 15.8. The minimum absolute atomic E-state index is 0.0700. The number of carbonyl (C=O) groups is 1. The van der Waals surface area contributed by atoms with E-state index in [1.807, 2.05) is 42.5 Å². The maximum absolute atomic E-state index is 13.7. The van der Waals surface area contributed by atoms with Crippen molar-refractivity contribution < 1.29 is 13.9 Å². The summed E-state index contributed by atoms with van der Waals surface area (Å²) in [5.41, 5.74) is 3.52. The van der Waals surface area contributed by atoms with E-state index in [0.29, 0.717) is 35.4 Å². The smallest absolute Gasteiger partial charge is 0.254 e. The van der Waals surface area contributed by atoms with Crippen LogP contribution in [0.3, 0.4) is 0 Å². The Balaban J connectivity index is 1.57. The van der Waals surface area contributed by atoms with Crippen molar-refractivity contribution in [2.45, 2.75) is 25.5 Å². The van der Waals surface area contributed by atoms with Gasteiger partial charge in [0.25, 0.3) is 5.91 Å². The molecule has 168 valence electrons. The molecule has 1 saturated heterocycles. The Morgan fingerprint density at radius 1 is 1.18 bits per heavy atom. The van der Waals surface area contributed by atoms with Gasteiger partial charge in [-0.05, 0) is 36.6 Å². The maximum atomic E-state index is 13.7. The fourth-order valence-corrected chi connectivity index (χ4v) is 4.29. The molecule has 0 radical (unpaired) electrons. The number of amides is 1. The van der Waals surface area contributed by atoms with Crippen LogP contribution in [0.1, 0.15) is 28.8 Å². The standard InChI is InChI=1S/C26H25FN4O2/c1-30(17-21-11-6-12-33-21)26(32)22-14-24(19-8-3-2-4-9-19)29-25-23(22)15-28-31(25)16-18-7-5-10-20(27)13-18/h2-5,7-10,13-15,21H,6,11-12,16-17H2,1H3. The first kappa shape index (κ1) is 21.3. The minimum Gasteiger partial charge on any atom is -0.376 e. The zero-order valence-corrected chi connectivity index (χ0v) is 18.4. The Bertz CT molecular complexity index is 1280. The van der Waals surface area contributed by atoms with Gasteiger partial charge in [-0.15, -0.1) is 0 Å². The highest BCUT2D eigenvalue weighted by Gasteiger charge is 2.24. The fourth-order valence-electron chi connectivity index (χ4n) is 4.29. The van der Waals surface area contributed by atoms with E-state index in [0.717, 1.165) is 30.6 Å². The number of benzene rings is 2. The molecule has 6 nitrogen and oxygen atoms in total. The highest BCUT2D eigenvalue weighted by atomic mass is 19.1. The summed E-state index contributed by atoms with van der Waals surface area (Å²) in [5, 5.41) is 5.17. The lowest BCUT2D eigenvalue weighted by atomic mass is 10.1. The van der Waals surface area contributed by atoms with Crippen LogP contribution in [0.25, 0.3) is 22.3 Å². The summed E-state index contributed by atoms with van der Waals surface area (Å²) >= 11 is 0. The number of likely N-dealkylation sites (N-methyl/N-ethyl adjacent to an activating group) is 1. The molecule has 3 heterocycles. The molecule has 2 aromatic carbocycles. The molecule has 1 fully saturated rings. The Morgan fingerprint density at radius 2 is 2.03 bits per heavy atom. The van der Waals surface area contributed by atoms with Crippen LogP contribution < -0.4 is 0 Å². The van der Waals surface area contributed by atoms with Crippen molar-refractivity contribution in [2.24, 2.45) is 0 Å². The molecule has 1 amide bonds. The van der Waals surface area contributed by atoms with Crippen molar-refractivity contribution in [1.29, 1.82) is 0 Å². The van der Waals surface area contributed by atoms with Crippen molar-refractivity contribution in [3.8, 4) is 11.3 Å². The minimum atomic E-state index is -0.298. The second-order valence-corrected chi connectivity index (χ2v) is 8.41. The number of ether oxygens (including phenoxy) is 1. The van der Waals surface area contributed by atoms with Crippen molar-refractivity contribution >= 4 is 16.9 Å². The zero-order valence-electron chi connectivity index (χ0n) is 18.4. The molecule has 2 aromatic heterocycles. The second kappa shape index (κ2) is 9.11. The lowest BCUT2D eigenvalue weighted by Crippen LogP contribution is -2.34. The molecule has 33 heavy (non-hydrogen) atoms. The molecule has 1 aliphatic rings. The van der Waals surface area contributed by atoms with Crippen LogP contribution in [0.15, 0.2) is 66.9 Å². The van der Waals surface area contributed by atoms with E-state index in [2.05, 4.69) is 5.10 Å². The summed E-state index contributed by atoms with van der Waals surface area (Å²) in [6.07, 6.45) is 3.73. The number of carbonyl (C=O) groups excluding carboxylic acids is 1. The molecule has 0 N–H and O–H groups in total. The third-order valence-electron chi connectivity index (χ3n) is 5.98. The van der Waals surface area contributed by atoms with Gasteiger partial charge in [0, 0.05) is 25.8 Å². The fraction of sp³-hybridized carbons (Fsp3) is 0.269. The van der Waals surface area contributed by atoms with Crippen LogP contribution in [0, 0.1) is 5.82 Å². The van der Waals surface area contributed by atoms with Gasteiger partial charge in [-0.3, -0.25) is 4.79 Å². The summed E-state index contributed by atoms with van der Waals surface area (Å²) in [7, 11) is 1.80. The van der Waals surface area contributed by atoms with Gasteiger partial charge in [0.05, 0.1) is 35.5 Å². The lowest BCUT2D eigenvalue weighted by Gasteiger charge is -2.21. The van der Waals surface area contributed by atoms with Crippen LogP contribution in [0.4, 0.5) is 4.39 Å². The van der Waals surface area contributed by atoms with Gasteiger partial charge in [-0.1, -0.05) is 42.5 Å². The molecule has 0 spiro atoms. The van der Waals surface area contributed by atoms with E-state index < -0.39 is 0 Å². The van der Waals surface area contributed by atoms with Crippen molar-refractivity contribution in [1.82, 2.24) is 19.7 Å². The van der Waals surface area contributed by atoms with Gasteiger partial charge in [0.1, 0.15) is 5.82 Å². The van der Waals surface area contributed by atoms with Crippen molar-refractivity contribution in [2.75, 3.05) is 20.2 Å². The predicted octanol–water partition coefficient (Wildman–Crippen LogP) is 4.54. The van der Waals surface area contributed by atoms with Crippen LogP contribution in [-0.2, 0) is 11.3 Å². The van der Waals surface area contributed by atoms with E-state index in [4.69, 9.17) is 9.72 Å². The van der Waals surface area contributed by atoms with Gasteiger partial charge >= 0.3 is 0 Å². The van der Waals surface area contributed by atoms with Crippen LogP contribution in [-0.4, -0.2) is 51.9 Å². The van der Waals surface area contributed by atoms with E-state index in [1.54, 1.807) is 28.9 Å². The third kappa shape index (κ3) is 4.50. The van der Waals surface area contributed by atoms with Gasteiger partial charge in [-0.25, -0.2) is 14.1 Å². The Kier molecular flexibility index (Phi) is 5.88. The van der Waals surface area contributed by atoms with Crippen molar-refractivity contribution in [3.05, 3.63) is 83.8 Å². The average molecular weight is 445 g/mol. The molecule has 0 bridgehead atoms. The van der Waals surface area contributed by atoms with Gasteiger partial charge in [0.15, 0.2) is 5.65 Å².